The van der Waals surface area contributed by atoms with E-state index in [9.17, 15) is 22.0 Å². The molecule has 0 saturated heterocycles. The minimum Gasteiger partial charge on any atom is -0.353 e. The quantitative estimate of drug-likeness (QED) is 0.740. The molecule has 2 aromatic rings. The minimum absolute atomic E-state index is 0.0558. The van der Waals surface area contributed by atoms with E-state index in [0.717, 1.165) is 19.1 Å². The number of para-hydroxylation sites is 1. The van der Waals surface area contributed by atoms with Crippen molar-refractivity contribution in [2.24, 2.45) is 10.9 Å². The molecule has 0 unspecified atom stereocenters. The topological polar surface area (TPSA) is 88.5 Å². The number of alkyl halides is 2. The van der Waals surface area contributed by atoms with Gasteiger partial charge < -0.3 is 5.32 Å². The van der Waals surface area contributed by atoms with Crippen LogP contribution in [0.5, 0.6) is 0 Å². The number of anilines is 2. The van der Waals surface area contributed by atoms with Gasteiger partial charge in [0.2, 0.25) is 0 Å². The van der Waals surface area contributed by atoms with Gasteiger partial charge in [-0.2, -0.15) is 0 Å². The normalized spacial score (nSPS) is 15.9. The lowest BCUT2D eigenvalue weighted by Gasteiger charge is -2.14. The van der Waals surface area contributed by atoms with Crippen molar-refractivity contribution >= 4 is 38.4 Å². The number of hydrogen-bond donors (Lipinski definition) is 1. The molecule has 1 fully saturated rings. The maximum Gasteiger partial charge on any atom is 0.277 e. The molecule has 6 nitrogen and oxygen atoms in total. The Balaban J connectivity index is 1.75. The SMILES string of the molecule is CS(=O)(=O)c1ccccc1Nc1cc(CC(=O)C2CC2)nc2c1N=C(C(F)F)C2. The number of aliphatic imine (C=N–C) groups is 1. The average Bonchev–Trinajstić information content (AvgIpc) is 3.40. The third kappa shape index (κ3) is 4.19. The van der Waals surface area contributed by atoms with Gasteiger partial charge in [-0.15, -0.1) is 0 Å². The second kappa shape index (κ2) is 7.29. The first-order valence-electron chi connectivity index (χ1n) is 9.19. The number of aromatic nitrogens is 1. The van der Waals surface area contributed by atoms with Crippen molar-refractivity contribution < 1.29 is 22.0 Å². The summed E-state index contributed by atoms with van der Waals surface area (Å²) in [6.07, 6.45) is 0.143. The van der Waals surface area contributed by atoms with Gasteiger partial charge in [-0.25, -0.2) is 22.2 Å². The van der Waals surface area contributed by atoms with Gasteiger partial charge in [-0.3, -0.25) is 9.78 Å². The number of halogens is 2. The molecule has 29 heavy (non-hydrogen) atoms. The van der Waals surface area contributed by atoms with Crippen LogP contribution in [-0.4, -0.2) is 37.6 Å². The summed E-state index contributed by atoms with van der Waals surface area (Å²) < 4.78 is 50.6. The Morgan fingerprint density at radius 1 is 1.24 bits per heavy atom. The number of sulfone groups is 1. The van der Waals surface area contributed by atoms with E-state index in [1.807, 2.05) is 0 Å². The summed E-state index contributed by atoms with van der Waals surface area (Å²) in [7, 11) is -3.51. The van der Waals surface area contributed by atoms with Crippen LogP contribution in [0, 0.1) is 5.92 Å². The number of Topliss-reactive ketones (excluding diaryl/α,β-unsaturated/α-hetero) is 1. The molecule has 2 heterocycles. The van der Waals surface area contributed by atoms with Crippen LogP contribution in [0.25, 0.3) is 0 Å². The van der Waals surface area contributed by atoms with Crippen LogP contribution in [-0.2, 0) is 27.5 Å². The van der Waals surface area contributed by atoms with Crippen molar-refractivity contribution in [1.29, 1.82) is 0 Å². The van der Waals surface area contributed by atoms with E-state index >= 15 is 0 Å². The number of hydrogen-bond acceptors (Lipinski definition) is 6. The van der Waals surface area contributed by atoms with Crippen LogP contribution < -0.4 is 5.32 Å². The molecular weight excluding hydrogens is 400 g/mol. The first kappa shape index (κ1) is 19.6. The van der Waals surface area contributed by atoms with Crippen molar-refractivity contribution in [1.82, 2.24) is 4.98 Å². The highest BCUT2D eigenvalue weighted by Crippen LogP contribution is 2.39. The summed E-state index contributed by atoms with van der Waals surface area (Å²) >= 11 is 0. The Labute approximate surface area is 167 Å². The maximum atomic E-state index is 13.2. The van der Waals surface area contributed by atoms with Gasteiger partial charge in [0.05, 0.1) is 33.4 Å². The third-order valence-electron chi connectivity index (χ3n) is 4.92. The Morgan fingerprint density at radius 3 is 2.62 bits per heavy atom. The fraction of sp³-hybridized carbons (Fsp3) is 0.350. The monoisotopic (exact) mass is 419 g/mol. The number of fused-ring (bicyclic) bond motifs is 1. The molecule has 4 rings (SSSR count). The average molecular weight is 419 g/mol. The first-order valence-corrected chi connectivity index (χ1v) is 11.1. The maximum absolute atomic E-state index is 13.2. The number of nitrogens with zero attached hydrogens (tertiary/aromatic N) is 2. The van der Waals surface area contributed by atoms with Gasteiger partial charge >= 0.3 is 0 Å². The molecule has 1 N–H and O–H groups in total. The van der Waals surface area contributed by atoms with Crippen molar-refractivity contribution in [2.75, 3.05) is 11.6 Å². The van der Waals surface area contributed by atoms with E-state index in [1.54, 1.807) is 24.3 Å². The second-order valence-corrected chi connectivity index (χ2v) is 9.33. The van der Waals surface area contributed by atoms with E-state index in [2.05, 4.69) is 15.3 Å². The van der Waals surface area contributed by atoms with Gasteiger partial charge in [0.15, 0.2) is 9.84 Å². The highest BCUT2D eigenvalue weighted by Gasteiger charge is 2.31. The summed E-state index contributed by atoms with van der Waals surface area (Å²) in [4.78, 5) is 20.7. The summed E-state index contributed by atoms with van der Waals surface area (Å²) in [6, 6.07) is 7.92. The van der Waals surface area contributed by atoms with E-state index < -0.39 is 16.3 Å². The predicted molar refractivity (Wildman–Crippen MR) is 105 cm³/mol. The standard InChI is InChI=1S/C20H19F2N3O3S/c1-29(27,28)18-5-3-2-4-13(18)24-14-8-12(9-17(26)11-6-7-11)23-15-10-16(20(21)22)25-19(14)15/h2-5,8,11,20H,6-7,9-10H2,1H3,(H,23,24). The summed E-state index contributed by atoms with van der Waals surface area (Å²) in [5.41, 5.74) is 1.46. The molecule has 1 saturated carbocycles. The van der Waals surface area contributed by atoms with Crippen molar-refractivity contribution in [3.8, 4) is 0 Å². The lowest BCUT2D eigenvalue weighted by molar-refractivity contribution is -0.119. The van der Waals surface area contributed by atoms with Crippen LogP contribution in [0.1, 0.15) is 24.2 Å². The molecule has 0 radical (unpaired) electrons. The number of benzene rings is 1. The van der Waals surface area contributed by atoms with Crippen LogP contribution >= 0.6 is 0 Å². The predicted octanol–water partition coefficient (Wildman–Crippen LogP) is 3.64. The number of pyridine rings is 1. The molecule has 1 aliphatic heterocycles. The van der Waals surface area contributed by atoms with Gasteiger partial charge in [0.1, 0.15) is 11.5 Å². The summed E-state index contributed by atoms with van der Waals surface area (Å²) in [6.45, 7) is 0. The van der Waals surface area contributed by atoms with Crippen LogP contribution in [0.3, 0.4) is 0 Å². The zero-order valence-electron chi connectivity index (χ0n) is 15.7. The Bertz CT molecular complexity index is 1130. The molecule has 1 aromatic heterocycles. The number of ketones is 1. The number of nitrogens with one attached hydrogen (secondary N) is 1. The highest BCUT2D eigenvalue weighted by molar-refractivity contribution is 7.90. The largest absolute Gasteiger partial charge is 0.353 e. The van der Waals surface area contributed by atoms with Gasteiger partial charge in [-0.05, 0) is 31.0 Å². The van der Waals surface area contributed by atoms with Crippen molar-refractivity contribution in [3.63, 3.8) is 0 Å². The Morgan fingerprint density at radius 2 is 1.97 bits per heavy atom. The zero-order chi connectivity index (χ0) is 20.8. The Kier molecular flexibility index (Phi) is 4.94. The highest BCUT2D eigenvalue weighted by atomic mass is 32.2. The van der Waals surface area contributed by atoms with Gasteiger partial charge in [0, 0.05) is 25.0 Å². The molecule has 1 aliphatic carbocycles. The smallest absolute Gasteiger partial charge is 0.277 e. The van der Waals surface area contributed by atoms with Crippen LogP contribution in [0.4, 0.5) is 25.8 Å². The minimum atomic E-state index is -3.51. The molecule has 0 spiro atoms. The molecule has 0 atom stereocenters. The Hall–Kier alpha value is -2.68. The van der Waals surface area contributed by atoms with Crippen LogP contribution in [0.15, 0.2) is 40.2 Å². The van der Waals surface area contributed by atoms with Crippen molar-refractivity contribution in [3.05, 3.63) is 41.7 Å². The molecule has 0 bridgehead atoms. The number of rotatable bonds is 7. The van der Waals surface area contributed by atoms with E-state index in [0.29, 0.717) is 22.8 Å². The molecular formula is C20H19F2N3O3S. The summed E-state index contributed by atoms with van der Waals surface area (Å²) in [5.74, 6) is 0.133. The second-order valence-electron chi connectivity index (χ2n) is 7.35. The van der Waals surface area contributed by atoms with Gasteiger partial charge in [0.25, 0.3) is 6.43 Å². The lowest BCUT2D eigenvalue weighted by atomic mass is 10.1. The lowest BCUT2D eigenvalue weighted by Crippen LogP contribution is -2.11. The number of carbonyl (C=O) groups is 1. The zero-order valence-corrected chi connectivity index (χ0v) is 16.5. The van der Waals surface area contributed by atoms with Gasteiger partial charge in [-0.1, -0.05) is 12.1 Å². The van der Waals surface area contributed by atoms with Crippen molar-refractivity contribution in [2.45, 2.75) is 37.0 Å². The fourth-order valence-corrected chi connectivity index (χ4v) is 4.17. The fourth-order valence-electron chi connectivity index (χ4n) is 3.33. The van der Waals surface area contributed by atoms with E-state index in [1.165, 1.54) is 6.07 Å². The van der Waals surface area contributed by atoms with Crippen LogP contribution in [0.2, 0.25) is 0 Å². The third-order valence-corrected chi connectivity index (χ3v) is 6.07. The number of carbonyl (C=O) groups excluding carboxylic acids is 1. The first-order chi connectivity index (χ1) is 13.7. The molecule has 152 valence electrons. The summed E-state index contributed by atoms with van der Waals surface area (Å²) in [5, 5.41) is 3.01. The molecule has 2 aliphatic rings. The molecule has 0 amide bonds. The molecule has 9 heteroatoms. The van der Waals surface area contributed by atoms with E-state index in [4.69, 9.17) is 0 Å². The molecule has 1 aromatic carbocycles. The van der Waals surface area contributed by atoms with E-state index in [-0.39, 0.29) is 40.8 Å².